The third-order valence-corrected chi connectivity index (χ3v) is 6.92. The lowest BCUT2D eigenvalue weighted by Crippen LogP contribution is -2.25. The third-order valence-electron chi connectivity index (χ3n) is 6.58. The molecule has 41 heavy (non-hydrogen) atoms. The van der Waals surface area contributed by atoms with Gasteiger partial charge in [-0.15, -0.1) is 0 Å². The monoisotopic (exact) mass is 600 g/mol. The van der Waals surface area contributed by atoms with Gasteiger partial charge in [0.1, 0.15) is 11.6 Å². The fourth-order valence-corrected chi connectivity index (χ4v) is 5.10. The number of carbonyl (C=O) groups is 2. The van der Waals surface area contributed by atoms with Crippen molar-refractivity contribution in [2.45, 2.75) is 25.2 Å². The van der Waals surface area contributed by atoms with Crippen LogP contribution < -0.4 is 16.3 Å². The molecule has 1 unspecified atom stereocenters. The van der Waals surface area contributed by atoms with E-state index in [1.54, 1.807) is 0 Å². The number of hydrogen-bond acceptors (Lipinski definition) is 3. The number of nitrogens with zero attached hydrogens (tertiary/aromatic N) is 2. The minimum Gasteiger partial charge on any atom is -0.341 e. The van der Waals surface area contributed by atoms with Gasteiger partial charge in [0.05, 0.1) is 34.7 Å². The highest BCUT2D eigenvalue weighted by molar-refractivity contribution is 6.31. The molecule has 2 N–H and O–H groups in total. The van der Waals surface area contributed by atoms with Gasteiger partial charge in [0.15, 0.2) is 0 Å². The van der Waals surface area contributed by atoms with Crippen LogP contribution in [0, 0.1) is 11.6 Å². The summed E-state index contributed by atoms with van der Waals surface area (Å²) < 4.78 is 96.3. The van der Waals surface area contributed by atoms with E-state index in [0.717, 1.165) is 22.8 Å². The summed E-state index contributed by atoms with van der Waals surface area (Å²) >= 11 is 6.26. The zero-order chi connectivity index (χ0) is 30.0. The second kappa shape index (κ2) is 9.94. The van der Waals surface area contributed by atoms with Gasteiger partial charge in [-0.2, -0.15) is 13.2 Å². The summed E-state index contributed by atoms with van der Waals surface area (Å²) in [4.78, 5) is 39.2. The van der Waals surface area contributed by atoms with Gasteiger partial charge in [0, 0.05) is 34.4 Å². The van der Waals surface area contributed by atoms with Gasteiger partial charge in [-0.1, -0.05) is 11.6 Å². The average molecular weight is 601 g/mol. The summed E-state index contributed by atoms with van der Waals surface area (Å²) in [5.41, 5.74) is -4.01. The van der Waals surface area contributed by atoms with Crippen LogP contribution in [0.25, 0.3) is 11.0 Å². The van der Waals surface area contributed by atoms with Crippen LogP contribution in [0.3, 0.4) is 0 Å². The van der Waals surface area contributed by atoms with Crippen molar-refractivity contribution in [1.82, 2.24) is 14.5 Å². The van der Waals surface area contributed by atoms with E-state index in [2.05, 4.69) is 10.6 Å². The van der Waals surface area contributed by atoms with Gasteiger partial charge in [-0.05, 0) is 42.5 Å². The van der Waals surface area contributed by atoms with Crippen molar-refractivity contribution in [3.05, 3.63) is 97.4 Å². The first-order valence-electron chi connectivity index (χ1n) is 11.7. The van der Waals surface area contributed by atoms with Crippen molar-refractivity contribution in [1.29, 1.82) is 0 Å². The highest BCUT2D eigenvalue weighted by atomic mass is 35.5. The molecule has 0 aliphatic carbocycles. The number of carbonyl (C=O) groups excluding carboxylic acids is 2. The van der Waals surface area contributed by atoms with Crippen molar-refractivity contribution in [2.75, 3.05) is 5.32 Å². The second-order valence-electron chi connectivity index (χ2n) is 9.18. The lowest BCUT2D eigenvalue weighted by atomic mass is 9.95. The number of amides is 2. The Labute approximate surface area is 230 Å². The maximum absolute atomic E-state index is 14.2. The van der Waals surface area contributed by atoms with E-state index < -0.39 is 65.5 Å². The van der Waals surface area contributed by atoms with E-state index >= 15 is 0 Å². The van der Waals surface area contributed by atoms with Gasteiger partial charge in [-0.3, -0.25) is 18.7 Å². The van der Waals surface area contributed by atoms with E-state index in [1.165, 1.54) is 13.1 Å². The van der Waals surface area contributed by atoms with E-state index in [4.69, 9.17) is 11.6 Å². The van der Waals surface area contributed by atoms with Crippen LogP contribution in [0.1, 0.15) is 43.4 Å². The number of imidazole rings is 1. The molecule has 0 radical (unpaired) electrons. The minimum absolute atomic E-state index is 0.00830. The number of alkyl halides is 5. The fourth-order valence-electron chi connectivity index (χ4n) is 4.87. The molecule has 2 amide bonds. The topological polar surface area (TPSA) is 85.1 Å². The zero-order valence-electron chi connectivity index (χ0n) is 20.5. The molecular formula is C26H16ClF7N4O3. The maximum Gasteiger partial charge on any atom is 0.416 e. The van der Waals surface area contributed by atoms with Gasteiger partial charge >= 0.3 is 11.9 Å². The van der Waals surface area contributed by atoms with Gasteiger partial charge in [0.25, 0.3) is 18.2 Å². The maximum atomic E-state index is 14.2. The van der Waals surface area contributed by atoms with Crippen molar-refractivity contribution >= 4 is 40.1 Å². The fraction of sp³-hybridized carbons (Fsp3) is 0.192. The van der Waals surface area contributed by atoms with Crippen LogP contribution >= 0.6 is 11.6 Å². The summed E-state index contributed by atoms with van der Waals surface area (Å²) in [6, 6.07) is 4.23. The first-order valence-corrected chi connectivity index (χ1v) is 12.0. The first-order chi connectivity index (χ1) is 19.2. The summed E-state index contributed by atoms with van der Waals surface area (Å²) in [5.74, 6) is -4.19. The van der Waals surface area contributed by atoms with Crippen LogP contribution in [-0.2, 0) is 19.8 Å². The van der Waals surface area contributed by atoms with Crippen LogP contribution in [0.2, 0.25) is 5.02 Å². The normalized spacial score (nSPS) is 15.0. The highest BCUT2D eigenvalue weighted by Crippen LogP contribution is 2.43. The highest BCUT2D eigenvalue weighted by Gasteiger charge is 2.38. The molecule has 1 aromatic heterocycles. The average Bonchev–Trinajstić information content (AvgIpc) is 3.34. The molecule has 1 aliphatic rings. The van der Waals surface area contributed by atoms with Gasteiger partial charge < -0.3 is 10.6 Å². The van der Waals surface area contributed by atoms with Crippen molar-refractivity contribution in [3.63, 3.8) is 0 Å². The Kier molecular flexibility index (Phi) is 6.84. The van der Waals surface area contributed by atoms with Crippen LogP contribution in [-0.4, -0.2) is 27.4 Å². The van der Waals surface area contributed by atoms with Crippen molar-refractivity contribution in [3.8, 4) is 0 Å². The SMILES string of the molecule is Cn1c(=O)n(CC(F)F)c2cc(NC(=O)c3cc(F)cc(C(F)(F)F)c3)c3c(c21)C(=O)NC3c1cc(F)ccc1Cl. The summed E-state index contributed by atoms with van der Waals surface area (Å²) in [5, 5.41) is 4.86. The lowest BCUT2D eigenvalue weighted by Gasteiger charge is -2.19. The standard InChI is InChI=1S/C26H16ClF7N4O3/c1-37-22-17(38(25(37)41)9-18(30)31)8-16(35-23(39)10-4-11(26(32,33)34)6-13(29)5-10)19-20(22)24(40)36-21(19)14-7-12(28)2-3-15(14)27/h2-8,18,21H,9H2,1H3,(H,35,39)(H,36,40). The molecular weight excluding hydrogens is 585 g/mol. The zero-order valence-corrected chi connectivity index (χ0v) is 21.3. The number of fused-ring (bicyclic) bond motifs is 3. The Morgan fingerprint density at radius 1 is 1.07 bits per heavy atom. The molecule has 5 rings (SSSR count). The number of nitrogens with one attached hydrogen (secondary N) is 2. The Bertz CT molecular complexity index is 1810. The van der Waals surface area contributed by atoms with E-state index in [0.29, 0.717) is 16.7 Å². The molecule has 4 aromatic rings. The molecule has 0 saturated heterocycles. The molecule has 3 aromatic carbocycles. The molecule has 1 aliphatic heterocycles. The van der Waals surface area contributed by atoms with E-state index in [-0.39, 0.29) is 44.5 Å². The lowest BCUT2D eigenvalue weighted by molar-refractivity contribution is -0.137. The molecule has 0 saturated carbocycles. The van der Waals surface area contributed by atoms with Crippen LogP contribution in [0.5, 0.6) is 0 Å². The Hall–Kier alpha value is -4.33. The quantitative estimate of drug-likeness (QED) is 0.291. The second-order valence-corrected chi connectivity index (χ2v) is 9.58. The Morgan fingerprint density at radius 3 is 2.44 bits per heavy atom. The number of anilines is 1. The number of aryl methyl sites for hydroxylation is 1. The summed E-state index contributed by atoms with van der Waals surface area (Å²) in [6.45, 7) is -1.08. The molecule has 1 atom stereocenters. The minimum atomic E-state index is -4.98. The smallest absolute Gasteiger partial charge is 0.341 e. The first kappa shape index (κ1) is 28.2. The van der Waals surface area contributed by atoms with Crippen LogP contribution in [0.4, 0.5) is 36.4 Å². The molecule has 214 valence electrons. The molecule has 0 spiro atoms. The summed E-state index contributed by atoms with van der Waals surface area (Å²) in [6.07, 6.45) is -7.98. The molecule has 7 nitrogen and oxygen atoms in total. The van der Waals surface area contributed by atoms with Crippen molar-refractivity contribution < 1.29 is 40.3 Å². The molecule has 15 heteroatoms. The van der Waals surface area contributed by atoms with Crippen LogP contribution in [0.15, 0.2) is 47.3 Å². The predicted octanol–water partition coefficient (Wildman–Crippen LogP) is 5.64. The molecule has 0 fully saturated rings. The number of hydrogen-bond donors (Lipinski definition) is 2. The number of aromatic nitrogens is 2. The van der Waals surface area contributed by atoms with Gasteiger partial charge in [0.2, 0.25) is 0 Å². The largest absolute Gasteiger partial charge is 0.416 e. The number of halogens is 8. The van der Waals surface area contributed by atoms with Gasteiger partial charge in [-0.25, -0.2) is 22.4 Å². The summed E-state index contributed by atoms with van der Waals surface area (Å²) in [7, 11) is 1.23. The molecule has 2 heterocycles. The third kappa shape index (κ3) is 4.92. The number of benzene rings is 3. The Balaban J connectivity index is 1.77. The van der Waals surface area contributed by atoms with E-state index in [1.807, 2.05) is 0 Å². The number of rotatable bonds is 5. The predicted molar refractivity (Wildman–Crippen MR) is 133 cm³/mol. The molecule has 0 bridgehead atoms. The Morgan fingerprint density at radius 2 is 1.78 bits per heavy atom. The van der Waals surface area contributed by atoms with Crippen molar-refractivity contribution in [2.24, 2.45) is 7.05 Å². The van der Waals surface area contributed by atoms with E-state index in [9.17, 15) is 45.1 Å².